The molecule has 8 nitrogen and oxygen atoms in total. The number of pyridine rings is 2. The Labute approximate surface area is 256 Å². The fourth-order valence-electron chi connectivity index (χ4n) is 7.31. The number of benzene rings is 2. The summed E-state index contributed by atoms with van der Waals surface area (Å²) in [6.07, 6.45) is 12.2. The lowest BCUT2D eigenvalue weighted by Gasteiger charge is -2.35. The first-order valence-electron chi connectivity index (χ1n) is 15.6. The first kappa shape index (κ1) is 27.6. The van der Waals surface area contributed by atoms with E-state index in [4.69, 9.17) is 25.9 Å². The number of piperazine rings is 1. The number of fused-ring (bicyclic) bond motifs is 4. The number of hydrogen-bond donors (Lipinski definition) is 2. The molecule has 2 aromatic carbocycles. The van der Waals surface area contributed by atoms with E-state index in [1.54, 1.807) is 24.4 Å². The fourth-order valence-corrected chi connectivity index (χ4v) is 7.31. The van der Waals surface area contributed by atoms with Gasteiger partial charge in [0.15, 0.2) is 0 Å². The summed E-state index contributed by atoms with van der Waals surface area (Å²) in [7, 11) is 0. The van der Waals surface area contributed by atoms with Gasteiger partial charge in [0.25, 0.3) is 0 Å². The van der Waals surface area contributed by atoms with E-state index in [-0.39, 0.29) is 16.7 Å². The number of nitrogens with one attached hydrogen (secondary N) is 1. The maximum absolute atomic E-state index is 14.8. The summed E-state index contributed by atoms with van der Waals surface area (Å²) >= 11 is 0. The minimum Gasteiger partial charge on any atom is -0.508 e. The van der Waals surface area contributed by atoms with E-state index in [0.717, 1.165) is 70.0 Å². The van der Waals surface area contributed by atoms with E-state index < -0.39 is 5.82 Å². The summed E-state index contributed by atoms with van der Waals surface area (Å²) in [6.45, 7) is 6.95. The highest BCUT2D eigenvalue weighted by Gasteiger charge is 2.45. The molecule has 5 heterocycles. The van der Waals surface area contributed by atoms with Crippen LogP contribution in [-0.2, 0) is 4.74 Å². The van der Waals surface area contributed by atoms with Crippen LogP contribution in [0.2, 0.25) is 0 Å². The molecule has 4 aliphatic rings. The van der Waals surface area contributed by atoms with Gasteiger partial charge in [-0.25, -0.2) is 9.37 Å². The highest BCUT2D eigenvalue weighted by Crippen LogP contribution is 2.47. The van der Waals surface area contributed by atoms with Gasteiger partial charge in [-0.1, -0.05) is 12.0 Å². The summed E-state index contributed by atoms with van der Waals surface area (Å²) < 4.78 is 26.9. The summed E-state index contributed by atoms with van der Waals surface area (Å²) in [4.78, 5) is 14.8. The molecule has 2 aromatic heterocycles. The van der Waals surface area contributed by atoms with Crippen molar-refractivity contribution < 1.29 is 19.0 Å². The highest BCUT2D eigenvalue weighted by atomic mass is 19.1. The minimum absolute atomic E-state index is 0.0687. The van der Waals surface area contributed by atoms with Crippen LogP contribution in [0.4, 0.5) is 10.1 Å². The van der Waals surface area contributed by atoms with Gasteiger partial charge in [-0.3, -0.25) is 9.88 Å². The maximum atomic E-state index is 14.8. The Balaban J connectivity index is 1.19. The smallest absolute Gasteiger partial charge is 0.216 e. The van der Waals surface area contributed by atoms with Crippen molar-refractivity contribution in [2.75, 3.05) is 57.4 Å². The molecule has 0 amide bonds. The number of halogens is 1. The molecule has 2 bridgehead atoms. The van der Waals surface area contributed by atoms with Crippen LogP contribution in [0.5, 0.6) is 11.6 Å². The lowest BCUT2D eigenvalue weighted by atomic mass is 9.94. The van der Waals surface area contributed by atoms with Crippen molar-refractivity contribution in [2.45, 2.75) is 37.8 Å². The second-order valence-corrected chi connectivity index (χ2v) is 12.9. The molecule has 0 radical (unpaired) electrons. The highest BCUT2D eigenvalue weighted by molar-refractivity contribution is 6.03. The minimum atomic E-state index is -0.476. The van der Waals surface area contributed by atoms with E-state index >= 15 is 0 Å². The Morgan fingerprint density at radius 3 is 2.66 bits per heavy atom. The zero-order valence-corrected chi connectivity index (χ0v) is 24.7. The number of anilines is 1. The standard InChI is InChI=1S/C35H36FN5O3/c1-2-27-29(36)6-3-22-13-26(42)15-28(33(22)27)23-14-30-34(37-17-23)31(41-18-24-4-5-25(19-41)38-24)16-32(39-30)44-21-35(7-8-35)20-40-9-11-43-12-10-40/h1,3,6,13-17,24-25,38,42H,4-5,7-12,18-21H2. The van der Waals surface area contributed by atoms with E-state index in [1.165, 1.54) is 18.9 Å². The summed E-state index contributed by atoms with van der Waals surface area (Å²) in [5.74, 6) is 2.69. The molecule has 3 aliphatic heterocycles. The molecule has 2 N–H and O–H groups in total. The Hall–Kier alpha value is -3.97. The third-order valence-corrected chi connectivity index (χ3v) is 9.81. The van der Waals surface area contributed by atoms with Crippen LogP contribution in [0.15, 0.2) is 42.6 Å². The van der Waals surface area contributed by atoms with Crippen LogP contribution in [0.1, 0.15) is 31.2 Å². The van der Waals surface area contributed by atoms with E-state index in [1.807, 2.05) is 6.07 Å². The molecule has 1 aliphatic carbocycles. The normalized spacial score (nSPS) is 22.8. The monoisotopic (exact) mass is 593 g/mol. The number of terminal acetylenes is 1. The van der Waals surface area contributed by atoms with E-state index in [0.29, 0.717) is 52.0 Å². The van der Waals surface area contributed by atoms with Crippen LogP contribution >= 0.6 is 0 Å². The van der Waals surface area contributed by atoms with Crippen molar-refractivity contribution in [1.29, 1.82) is 0 Å². The van der Waals surface area contributed by atoms with Crippen LogP contribution in [0.25, 0.3) is 32.9 Å². The van der Waals surface area contributed by atoms with Crippen molar-refractivity contribution in [3.63, 3.8) is 0 Å². The van der Waals surface area contributed by atoms with Gasteiger partial charge in [0.1, 0.15) is 17.1 Å². The number of aromatic nitrogens is 2. The van der Waals surface area contributed by atoms with Crippen molar-refractivity contribution in [3.8, 4) is 35.1 Å². The number of hydrogen-bond acceptors (Lipinski definition) is 8. The molecule has 2 atom stereocenters. The van der Waals surface area contributed by atoms with Gasteiger partial charge in [0, 0.05) is 73.4 Å². The third kappa shape index (κ3) is 5.11. The molecule has 0 spiro atoms. The van der Waals surface area contributed by atoms with Gasteiger partial charge in [-0.2, -0.15) is 0 Å². The molecule has 44 heavy (non-hydrogen) atoms. The number of rotatable bonds is 7. The number of phenols is 1. The molecule has 9 heteroatoms. The van der Waals surface area contributed by atoms with Crippen molar-refractivity contribution >= 4 is 27.5 Å². The molecule has 1 saturated carbocycles. The first-order valence-corrected chi connectivity index (χ1v) is 15.6. The molecule has 3 saturated heterocycles. The number of ether oxygens (including phenoxy) is 2. The lowest BCUT2D eigenvalue weighted by Crippen LogP contribution is -2.51. The Morgan fingerprint density at radius 2 is 1.91 bits per heavy atom. The third-order valence-electron chi connectivity index (χ3n) is 9.81. The largest absolute Gasteiger partial charge is 0.508 e. The van der Waals surface area contributed by atoms with Crippen LogP contribution < -0.4 is 15.0 Å². The van der Waals surface area contributed by atoms with E-state index in [9.17, 15) is 9.50 Å². The van der Waals surface area contributed by atoms with Gasteiger partial charge >= 0.3 is 0 Å². The predicted octanol–water partition coefficient (Wildman–Crippen LogP) is 4.71. The molecule has 8 rings (SSSR count). The first-order chi connectivity index (χ1) is 21.5. The van der Waals surface area contributed by atoms with Crippen LogP contribution in [0, 0.1) is 23.6 Å². The average Bonchev–Trinajstić information content (AvgIpc) is 3.72. The summed E-state index contributed by atoms with van der Waals surface area (Å²) in [6, 6.07) is 11.1. The number of aromatic hydroxyl groups is 1. The molecular formula is C35H36FN5O3. The van der Waals surface area contributed by atoms with Gasteiger partial charge < -0.3 is 24.8 Å². The van der Waals surface area contributed by atoms with Gasteiger partial charge in [-0.15, -0.1) is 6.42 Å². The van der Waals surface area contributed by atoms with E-state index in [2.05, 4.69) is 27.1 Å². The molecule has 4 aromatic rings. The molecule has 4 fully saturated rings. The van der Waals surface area contributed by atoms with Crippen LogP contribution in [-0.4, -0.2) is 84.6 Å². The van der Waals surface area contributed by atoms with Gasteiger partial charge in [-0.05, 0) is 60.9 Å². The maximum Gasteiger partial charge on any atom is 0.216 e. The fraction of sp³-hybridized carbons (Fsp3) is 0.429. The van der Waals surface area contributed by atoms with Gasteiger partial charge in [0.2, 0.25) is 5.88 Å². The molecule has 2 unspecified atom stereocenters. The Bertz CT molecular complexity index is 1780. The summed E-state index contributed by atoms with van der Waals surface area (Å²) in [5, 5.41) is 15.5. The number of morpholine rings is 1. The number of phenolic OH excluding ortho intramolecular Hbond substituents is 1. The van der Waals surface area contributed by atoms with Crippen molar-refractivity contribution in [3.05, 3.63) is 54.0 Å². The average molecular weight is 594 g/mol. The van der Waals surface area contributed by atoms with Crippen molar-refractivity contribution in [1.82, 2.24) is 20.2 Å². The quantitative estimate of drug-likeness (QED) is 0.299. The van der Waals surface area contributed by atoms with Crippen LogP contribution in [0.3, 0.4) is 0 Å². The second kappa shape index (κ2) is 10.9. The Morgan fingerprint density at radius 1 is 1.11 bits per heavy atom. The molecule has 226 valence electrons. The predicted molar refractivity (Wildman–Crippen MR) is 169 cm³/mol. The lowest BCUT2D eigenvalue weighted by molar-refractivity contribution is 0.0234. The zero-order chi connectivity index (χ0) is 29.8. The topological polar surface area (TPSA) is 83.0 Å². The second-order valence-electron chi connectivity index (χ2n) is 12.9. The zero-order valence-electron chi connectivity index (χ0n) is 24.7. The molecular weight excluding hydrogens is 557 g/mol. The number of nitrogens with zero attached hydrogens (tertiary/aromatic N) is 4. The van der Waals surface area contributed by atoms with Gasteiger partial charge in [0.05, 0.1) is 36.6 Å². The Kier molecular flexibility index (Phi) is 6.82. The van der Waals surface area contributed by atoms with Crippen molar-refractivity contribution in [2.24, 2.45) is 5.41 Å². The summed E-state index contributed by atoms with van der Waals surface area (Å²) in [5.41, 5.74) is 4.12. The SMILES string of the molecule is C#Cc1c(F)ccc2cc(O)cc(-c3cnc4c(N5CC6CCC(C5)N6)cc(OCC5(CN6CCOCC6)CC5)nc4c3)c12.